The molecule has 0 amide bonds. The van der Waals surface area contributed by atoms with E-state index in [1.54, 1.807) is 0 Å². The van der Waals surface area contributed by atoms with Crippen LogP contribution in [0.1, 0.15) is 54.4 Å². The van der Waals surface area contributed by atoms with Crippen LogP contribution < -0.4 is 0 Å². The monoisotopic (exact) mass is 423 g/mol. The molecule has 2 aliphatic carbocycles. The van der Waals surface area contributed by atoms with Gasteiger partial charge in [0.05, 0.1) is 0 Å². The van der Waals surface area contributed by atoms with Crippen LogP contribution in [0, 0.1) is 43.7 Å². The average molecular weight is 422 g/mol. The molecular formula is C18H27DyO. The van der Waals surface area contributed by atoms with Crippen molar-refractivity contribution in [1.29, 1.82) is 0 Å². The van der Waals surface area contributed by atoms with Gasteiger partial charge in [0.15, 0.2) is 0 Å². The van der Waals surface area contributed by atoms with Crippen LogP contribution in [0.3, 0.4) is 0 Å². The van der Waals surface area contributed by atoms with Gasteiger partial charge in [-0.15, -0.1) is 0 Å². The minimum atomic E-state index is -2.20. The Kier molecular flexibility index (Phi) is 4.77. The van der Waals surface area contributed by atoms with Crippen molar-refractivity contribution in [3.8, 4) is 0 Å². The number of rotatable bonds is 2. The van der Waals surface area contributed by atoms with E-state index >= 15 is 0 Å². The van der Waals surface area contributed by atoms with Crippen LogP contribution in [0.15, 0.2) is 38.7 Å². The van der Waals surface area contributed by atoms with E-state index in [0.29, 0.717) is 0 Å². The normalized spacial score (nSPS) is 20.4. The maximum atomic E-state index is 11.1. The van der Waals surface area contributed by atoms with Gasteiger partial charge in [-0.05, 0) is 0 Å². The average Bonchev–Trinajstić information content (AvgIpc) is 2.95. The second-order valence-electron chi connectivity index (χ2n) is 7.50. The third kappa shape index (κ3) is 3.33. The Labute approximate surface area is 137 Å². The summed E-state index contributed by atoms with van der Waals surface area (Å²) in [6, 6.07) is 0. The zero-order chi connectivity index (χ0) is 15.1. The Hall–Kier alpha value is 0.193. The van der Waals surface area contributed by atoms with Gasteiger partial charge >= 0.3 is 138 Å². The molecule has 0 aromatic rings. The fourth-order valence-electron chi connectivity index (χ4n) is 2.60. The zero-order valence-electron chi connectivity index (χ0n) is 13.5. The quantitative estimate of drug-likeness (QED) is 0.662. The van der Waals surface area contributed by atoms with Gasteiger partial charge in [-0.2, -0.15) is 0 Å². The van der Waals surface area contributed by atoms with E-state index in [4.69, 9.17) is 0 Å². The summed E-state index contributed by atoms with van der Waals surface area (Å²) >= 11 is -2.20. The molecule has 2 aliphatic rings. The SMILES string of the molecule is CC(C)(C)C1=[C]([Dy]([OH])[C]2=C(C(C)(C)C)C=CC2)CC=C1. The van der Waals surface area contributed by atoms with E-state index in [2.05, 4.69) is 65.8 Å². The summed E-state index contributed by atoms with van der Waals surface area (Å²) in [6.45, 7) is 13.5. The molecule has 0 aromatic carbocycles. The fraction of sp³-hybridized carbons (Fsp3) is 0.556. The topological polar surface area (TPSA) is 20.2 Å². The fourth-order valence-corrected chi connectivity index (χ4v) is 7.50. The summed E-state index contributed by atoms with van der Waals surface area (Å²) < 4.78 is 13.8. The maximum absolute atomic E-state index is 11.1. The van der Waals surface area contributed by atoms with Crippen molar-refractivity contribution in [1.82, 2.24) is 0 Å². The molecule has 0 saturated heterocycles. The van der Waals surface area contributed by atoms with Crippen molar-refractivity contribution in [2.45, 2.75) is 54.4 Å². The molecule has 115 valence electrons. The van der Waals surface area contributed by atoms with Gasteiger partial charge < -0.3 is 0 Å². The molecule has 2 rings (SSSR count). The predicted molar refractivity (Wildman–Crippen MR) is 82.7 cm³/mol. The molecule has 0 aromatic heterocycles. The molecule has 0 atom stereocenters. The summed E-state index contributed by atoms with van der Waals surface area (Å²) in [6.07, 6.45) is 10.8. The molecule has 2 heteroatoms. The van der Waals surface area contributed by atoms with Crippen molar-refractivity contribution >= 4 is 0 Å². The standard InChI is InChI=1S/2C9H13.Dy.H2O/c2*1-9(2,3)8-6-4-5-7-8;;/h2*4,6H,5H2,1-3H3;;1H2/q;;+1;/p-1. The first-order chi connectivity index (χ1) is 9.12. The van der Waals surface area contributed by atoms with Crippen molar-refractivity contribution in [3.05, 3.63) is 38.7 Å². The van der Waals surface area contributed by atoms with E-state index in [1.165, 1.54) is 14.4 Å². The molecule has 0 fully saturated rings. The molecular weight excluding hydrogens is 395 g/mol. The Morgan fingerprint density at radius 3 is 1.45 bits per heavy atom. The first-order valence-electron chi connectivity index (χ1n) is 7.23. The second kappa shape index (κ2) is 5.77. The Bertz CT molecular complexity index is 471. The molecule has 1 N–H and O–H groups in total. The van der Waals surface area contributed by atoms with Crippen LogP contribution in [0.5, 0.6) is 0 Å². The molecule has 1 nitrogen and oxygen atoms in total. The number of hydrogen-bond acceptors (Lipinski definition) is 1. The predicted octanol–water partition coefficient (Wildman–Crippen LogP) is 5.03. The van der Waals surface area contributed by atoms with Crippen LogP contribution >= 0.6 is 0 Å². The van der Waals surface area contributed by atoms with Gasteiger partial charge in [-0.1, -0.05) is 0 Å². The Morgan fingerprint density at radius 1 is 0.800 bits per heavy atom. The van der Waals surface area contributed by atoms with Crippen LogP contribution in [-0.4, -0.2) is 1.76 Å². The first-order valence-corrected chi connectivity index (χ1v) is 10.2. The van der Waals surface area contributed by atoms with Gasteiger partial charge in [-0.25, -0.2) is 0 Å². The first kappa shape index (κ1) is 16.6. The zero-order valence-corrected chi connectivity index (χ0v) is 15.5. The van der Waals surface area contributed by atoms with Crippen molar-refractivity contribution in [2.24, 2.45) is 10.8 Å². The van der Waals surface area contributed by atoms with Crippen LogP contribution in [0.2, 0.25) is 0 Å². The Morgan fingerprint density at radius 2 is 1.15 bits per heavy atom. The van der Waals surface area contributed by atoms with Gasteiger partial charge in [0, 0.05) is 0 Å². The molecule has 0 bridgehead atoms. The molecule has 0 spiro atoms. The van der Waals surface area contributed by atoms with Crippen molar-refractivity contribution in [3.63, 3.8) is 0 Å². The van der Waals surface area contributed by atoms with Crippen LogP contribution in [-0.2, 0) is 0 Å². The summed E-state index contributed by atoms with van der Waals surface area (Å²) in [5.74, 6) is 0. The third-order valence-corrected chi connectivity index (χ3v) is 7.91. The Balaban J connectivity index is 2.40. The van der Waals surface area contributed by atoms with Gasteiger partial charge in [0.1, 0.15) is 0 Å². The van der Waals surface area contributed by atoms with E-state index in [-0.39, 0.29) is 10.8 Å². The molecule has 0 saturated carbocycles. The van der Waals surface area contributed by atoms with E-state index < -0.39 is 32.8 Å². The summed E-state index contributed by atoms with van der Waals surface area (Å²) in [4.78, 5) is 0. The van der Waals surface area contributed by atoms with E-state index in [1.807, 2.05) is 0 Å². The van der Waals surface area contributed by atoms with Crippen molar-refractivity contribution < 1.29 is 34.6 Å². The third-order valence-electron chi connectivity index (χ3n) is 3.67. The van der Waals surface area contributed by atoms with Gasteiger partial charge in [0.25, 0.3) is 0 Å². The van der Waals surface area contributed by atoms with Crippen LogP contribution in [0.25, 0.3) is 0 Å². The van der Waals surface area contributed by atoms with E-state index in [9.17, 15) is 1.76 Å². The molecule has 0 aliphatic heterocycles. The summed E-state index contributed by atoms with van der Waals surface area (Å²) in [5, 5.41) is 0. The molecule has 0 unspecified atom stereocenters. The van der Waals surface area contributed by atoms with Gasteiger partial charge in [-0.3, -0.25) is 0 Å². The summed E-state index contributed by atoms with van der Waals surface area (Å²) in [5.41, 5.74) is 3.02. The number of allylic oxidation sites excluding steroid dienone is 8. The second-order valence-corrected chi connectivity index (χ2v) is 11.4. The molecule has 20 heavy (non-hydrogen) atoms. The van der Waals surface area contributed by atoms with Crippen LogP contribution in [0.4, 0.5) is 0 Å². The molecule has 0 heterocycles. The number of hydrogen-bond donors (Lipinski definition) is 1. The van der Waals surface area contributed by atoms with Gasteiger partial charge in [0.2, 0.25) is 0 Å². The van der Waals surface area contributed by atoms with E-state index in [0.717, 1.165) is 12.8 Å². The van der Waals surface area contributed by atoms with Crippen molar-refractivity contribution in [2.75, 3.05) is 0 Å². The summed E-state index contributed by atoms with van der Waals surface area (Å²) in [7, 11) is 0. The minimum absolute atomic E-state index is 0.134. The molecule has 0 radical (unpaired) electrons.